The molecule has 4 atom stereocenters. The molecule has 0 aliphatic carbocycles. The molecule has 11 heteroatoms. The zero-order valence-corrected chi connectivity index (χ0v) is 8.24. The summed E-state index contributed by atoms with van der Waals surface area (Å²) in [6.45, 7) is 0. The van der Waals surface area contributed by atoms with Crippen molar-refractivity contribution in [3.8, 4) is 0 Å². The Kier molecular flexibility index (Phi) is 6.02. The van der Waals surface area contributed by atoms with E-state index in [4.69, 9.17) is 30.5 Å². The van der Waals surface area contributed by atoms with Crippen molar-refractivity contribution >= 4 is 19.3 Å². The average Bonchev–Trinajstić information content (AvgIpc) is 2.21. The van der Waals surface area contributed by atoms with Gasteiger partial charge in [0.25, 0.3) is 0 Å². The van der Waals surface area contributed by atoms with Crippen molar-refractivity contribution in [3.05, 3.63) is 0 Å². The van der Waals surface area contributed by atoms with Gasteiger partial charge in [-0.25, -0.2) is 9.59 Å². The minimum absolute atomic E-state index is 1.89. The van der Waals surface area contributed by atoms with Crippen molar-refractivity contribution < 1.29 is 49.8 Å². The summed E-state index contributed by atoms with van der Waals surface area (Å²) in [5, 5.41) is 60.7. The summed E-state index contributed by atoms with van der Waals surface area (Å²) >= 11 is 0. The molecular weight excluding hydrogens is 243 g/mol. The minimum Gasteiger partial charge on any atom is -0.479 e. The quantitative estimate of drug-likeness (QED) is 0.218. The van der Waals surface area contributed by atoms with Gasteiger partial charge in [0.2, 0.25) is 0 Å². The number of aliphatic hydroxyl groups excluding tert-OH is 3. The van der Waals surface area contributed by atoms with Crippen LogP contribution < -0.4 is 0 Å². The molecule has 0 heterocycles. The van der Waals surface area contributed by atoms with E-state index < -0.39 is 43.7 Å². The Labute approximate surface area is 94.5 Å². The number of aliphatic carboxylic acids is 2. The number of hydrogen-bond donors (Lipinski definition) is 7. The van der Waals surface area contributed by atoms with E-state index in [1.165, 1.54) is 0 Å². The van der Waals surface area contributed by atoms with Crippen LogP contribution in [0.25, 0.3) is 0 Å². The lowest BCUT2D eigenvalue weighted by Gasteiger charge is -2.25. The number of carbonyl (C=O) groups is 2. The molecule has 0 rings (SSSR count). The second-order valence-corrected chi connectivity index (χ2v) is 2.99. The van der Waals surface area contributed by atoms with Gasteiger partial charge in [-0.05, 0) is 0 Å². The molecule has 0 unspecified atom stereocenters. The molecule has 0 saturated carbocycles. The Morgan fingerprint density at radius 2 is 1.41 bits per heavy atom. The van der Waals surface area contributed by atoms with E-state index in [-0.39, 0.29) is 0 Å². The lowest BCUT2D eigenvalue weighted by molar-refractivity contribution is -0.172. The van der Waals surface area contributed by atoms with Gasteiger partial charge < -0.3 is 40.2 Å². The molecule has 98 valence electrons. The third-order valence-electron chi connectivity index (χ3n) is 1.75. The van der Waals surface area contributed by atoms with Crippen LogP contribution in [0.3, 0.4) is 0 Å². The van der Waals surface area contributed by atoms with Gasteiger partial charge >= 0.3 is 19.3 Å². The van der Waals surface area contributed by atoms with Gasteiger partial charge in [0.1, 0.15) is 12.2 Å². The Morgan fingerprint density at radius 3 is 1.71 bits per heavy atom. The van der Waals surface area contributed by atoms with Crippen LogP contribution in [0.15, 0.2) is 0 Å². The summed E-state index contributed by atoms with van der Waals surface area (Å²) in [5.41, 5.74) is 0. The number of rotatable bonds is 7. The van der Waals surface area contributed by atoms with Crippen LogP contribution in [-0.2, 0) is 14.2 Å². The summed E-state index contributed by atoms with van der Waals surface area (Å²) in [5.74, 6) is -3.78. The maximum absolute atomic E-state index is 10.5. The van der Waals surface area contributed by atoms with Crippen molar-refractivity contribution in [3.63, 3.8) is 0 Å². The van der Waals surface area contributed by atoms with E-state index in [0.717, 1.165) is 0 Å². The highest BCUT2D eigenvalue weighted by Crippen LogP contribution is 2.09. The maximum atomic E-state index is 10.5. The number of hydrogen-bond acceptors (Lipinski definition) is 8. The predicted molar refractivity (Wildman–Crippen MR) is 48.4 cm³/mol. The fourth-order valence-corrected chi connectivity index (χ4v) is 0.928. The van der Waals surface area contributed by atoms with E-state index in [0.29, 0.717) is 0 Å². The smallest absolute Gasteiger partial charge is 0.479 e. The molecule has 0 aromatic carbocycles. The van der Waals surface area contributed by atoms with E-state index in [2.05, 4.69) is 4.65 Å². The number of aliphatic hydroxyl groups is 3. The Morgan fingerprint density at radius 1 is 0.941 bits per heavy atom. The molecule has 0 aliphatic heterocycles. The largest absolute Gasteiger partial charge is 0.634 e. The van der Waals surface area contributed by atoms with Crippen molar-refractivity contribution in [2.24, 2.45) is 0 Å². The van der Waals surface area contributed by atoms with Gasteiger partial charge in [0, 0.05) is 0 Å². The highest BCUT2D eigenvalue weighted by atomic mass is 16.6. The van der Waals surface area contributed by atoms with Crippen molar-refractivity contribution in [1.29, 1.82) is 0 Å². The highest BCUT2D eigenvalue weighted by molar-refractivity contribution is 6.33. The molecule has 0 saturated heterocycles. The zero-order chi connectivity index (χ0) is 13.7. The van der Waals surface area contributed by atoms with Gasteiger partial charge in [-0.3, -0.25) is 0 Å². The van der Waals surface area contributed by atoms with Crippen molar-refractivity contribution in [1.82, 2.24) is 0 Å². The van der Waals surface area contributed by atoms with Crippen LogP contribution in [0.2, 0.25) is 0 Å². The normalized spacial score (nSPS) is 17.9. The van der Waals surface area contributed by atoms with E-state index >= 15 is 0 Å². The molecule has 17 heavy (non-hydrogen) atoms. The number of carboxylic acid groups (broad SMARTS) is 2. The van der Waals surface area contributed by atoms with Gasteiger partial charge in [-0.1, -0.05) is 0 Å². The summed E-state index contributed by atoms with van der Waals surface area (Å²) in [4.78, 5) is 20.8. The molecule has 7 N–H and O–H groups in total. The van der Waals surface area contributed by atoms with E-state index in [9.17, 15) is 14.7 Å². The molecule has 0 aromatic heterocycles. The first-order valence-electron chi connectivity index (χ1n) is 4.20. The van der Waals surface area contributed by atoms with Crippen LogP contribution in [0.4, 0.5) is 0 Å². The number of carboxylic acids is 2. The molecular formula is C6H11BO10. The molecule has 0 radical (unpaired) electrons. The second-order valence-electron chi connectivity index (χ2n) is 2.99. The minimum atomic E-state index is -2.56. The topological polar surface area (TPSA) is 185 Å². The molecule has 0 bridgehead atoms. The summed E-state index contributed by atoms with van der Waals surface area (Å²) in [7, 11) is -2.56. The molecule has 0 aliphatic rings. The molecule has 10 nitrogen and oxygen atoms in total. The second kappa shape index (κ2) is 6.49. The van der Waals surface area contributed by atoms with Gasteiger partial charge in [-0.2, -0.15) is 0 Å². The standard InChI is InChI=1S/C6H11BO10/c8-1(3(10)5(11)12)2(9)4(6(13)14)17-7(15)16/h1-4,8-10,15-16H,(H,11,12)(H,13,14)/t1-,2-,3-,4+/m0/s1. The summed E-state index contributed by atoms with van der Waals surface area (Å²) < 4.78 is 3.92. The lowest BCUT2D eigenvalue weighted by atomic mass is 10.0. The highest BCUT2D eigenvalue weighted by Gasteiger charge is 2.40. The monoisotopic (exact) mass is 254 g/mol. The van der Waals surface area contributed by atoms with Gasteiger partial charge in [0.15, 0.2) is 12.2 Å². The van der Waals surface area contributed by atoms with Crippen molar-refractivity contribution in [2.45, 2.75) is 24.4 Å². The first-order chi connectivity index (χ1) is 7.68. The van der Waals surface area contributed by atoms with Crippen LogP contribution in [0.1, 0.15) is 0 Å². The van der Waals surface area contributed by atoms with Crippen molar-refractivity contribution in [2.75, 3.05) is 0 Å². The molecule has 0 fully saturated rings. The fourth-order valence-electron chi connectivity index (χ4n) is 0.928. The maximum Gasteiger partial charge on any atom is 0.634 e. The van der Waals surface area contributed by atoms with Crippen LogP contribution in [0.5, 0.6) is 0 Å². The first-order valence-corrected chi connectivity index (χ1v) is 4.20. The Hall–Kier alpha value is -1.24. The Bertz CT molecular complexity index is 280. The molecule has 0 amide bonds. The first kappa shape index (κ1) is 15.8. The van der Waals surface area contributed by atoms with Crippen LogP contribution in [-0.4, -0.2) is 79.3 Å². The van der Waals surface area contributed by atoms with E-state index in [1.54, 1.807) is 0 Å². The van der Waals surface area contributed by atoms with Gasteiger partial charge in [-0.15, -0.1) is 0 Å². The average molecular weight is 254 g/mol. The fraction of sp³-hybridized carbons (Fsp3) is 0.667. The predicted octanol–water partition coefficient (Wildman–Crippen LogP) is -4.41. The third kappa shape index (κ3) is 4.64. The molecule has 0 aromatic rings. The van der Waals surface area contributed by atoms with Crippen LogP contribution in [0, 0.1) is 0 Å². The third-order valence-corrected chi connectivity index (χ3v) is 1.75. The zero-order valence-electron chi connectivity index (χ0n) is 8.24. The van der Waals surface area contributed by atoms with E-state index in [1.807, 2.05) is 0 Å². The summed E-state index contributed by atoms with van der Waals surface area (Å²) in [6.07, 6.45) is -9.53. The molecule has 0 spiro atoms. The lowest BCUT2D eigenvalue weighted by Crippen LogP contribution is -2.52. The van der Waals surface area contributed by atoms with Gasteiger partial charge in [0.05, 0.1) is 0 Å². The SMILES string of the molecule is O=C(O)[C@@H](O)[C@@H](O)[C@H](O)[C@@H](OB(O)O)C(=O)O. The van der Waals surface area contributed by atoms with Crippen LogP contribution >= 0.6 is 0 Å². The summed E-state index contributed by atoms with van der Waals surface area (Å²) in [6, 6.07) is 0. The Balaban J connectivity index is 4.77.